The molecule has 4 rings (SSSR count). The summed E-state index contributed by atoms with van der Waals surface area (Å²) in [4.78, 5) is 27.0. The van der Waals surface area contributed by atoms with E-state index in [1.54, 1.807) is 24.3 Å². The molecule has 2 unspecified atom stereocenters. The number of amides is 3. The molecule has 1 saturated heterocycles. The number of rotatable bonds is 5. The third kappa shape index (κ3) is 5.10. The first kappa shape index (κ1) is 19.8. The molecular weight excluding hydrogens is 386 g/mol. The van der Waals surface area contributed by atoms with E-state index in [1.165, 1.54) is 5.56 Å². The number of carbonyl (C=O) groups is 2. The molecule has 1 aliphatic carbocycles. The maximum absolute atomic E-state index is 12.6. The van der Waals surface area contributed by atoms with Crippen LogP contribution in [0.25, 0.3) is 0 Å². The average Bonchev–Trinajstić information content (AvgIpc) is 3.59. The lowest BCUT2D eigenvalue weighted by Gasteiger charge is -2.39. The number of carbonyl (C=O) groups excluding carboxylic acids is 2. The van der Waals surface area contributed by atoms with Gasteiger partial charge in [0.05, 0.1) is 0 Å². The number of anilines is 1. The lowest BCUT2D eigenvalue weighted by atomic mass is 9.80. The first-order chi connectivity index (χ1) is 14.1. The third-order valence-corrected chi connectivity index (χ3v) is 6.08. The number of halogens is 1. The van der Waals surface area contributed by atoms with Crippen molar-refractivity contribution in [2.75, 3.05) is 25.0 Å². The first-order valence-corrected chi connectivity index (χ1v) is 10.6. The van der Waals surface area contributed by atoms with Gasteiger partial charge in [-0.1, -0.05) is 41.9 Å². The summed E-state index contributed by atoms with van der Waals surface area (Å²) in [6, 6.07) is 17.2. The van der Waals surface area contributed by atoms with Gasteiger partial charge in [0.25, 0.3) is 0 Å². The van der Waals surface area contributed by atoms with Crippen LogP contribution in [0.15, 0.2) is 54.6 Å². The van der Waals surface area contributed by atoms with Crippen LogP contribution in [0.4, 0.5) is 10.5 Å². The highest BCUT2D eigenvalue weighted by atomic mass is 35.5. The second-order valence-corrected chi connectivity index (χ2v) is 8.40. The first-order valence-electron chi connectivity index (χ1n) is 10.2. The van der Waals surface area contributed by atoms with E-state index < -0.39 is 0 Å². The second-order valence-electron chi connectivity index (χ2n) is 7.97. The van der Waals surface area contributed by atoms with Crippen LogP contribution in [-0.2, 0) is 4.79 Å². The van der Waals surface area contributed by atoms with Crippen molar-refractivity contribution in [2.24, 2.45) is 11.8 Å². The Morgan fingerprint density at radius 3 is 2.41 bits per heavy atom. The van der Waals surface area contributed by atoms with Crippen molar-refractivity contribution in [1.82, 2.24) is 10.2 Å². The van der Waals surface area contributed by atoms with Crippen LogP contribution < -0.4 is 10.6 Å². The van der Waals surface area contributed by atoms with E-state index in [0.717, 1.165) is 25.8 Å². The molecule has 2 atom stereocenters. The zero-order valence-electron chi connectivity index (χ0n) is 16.3. The van der Waals surface area contributed by atoms with Crippen LogP contribution in [0.5, 0.6) is 0 Å². The fourth-order valence-corrected chi connectivity index (χ4v) is 4.23. The maximum Gasteiger partial charge on any atom is 0.319 e. The van der Waals surface area contributed by atoms with E-state index in [9.17, 15) is 9.59 Å². The van der Waals surface area contributed by atoms with Gasteiger partial charge in [-0.15, -0.1) is 0 Å². The molecule has 29 heavy (non-hydrogen) atoms. The van der Waals surface area contributed by atoms with Gasteiger partial charge in [0.2, 0.25) is 5.91 Å². The van der Waals surface area contributed by atoms with Crippen molar-refractivity contribution in [2.45, 2.75) is 25.2 Å². The van der Waals surface area contributed by atoms with Gasteiger partial charge in [-0.3, -0.25) is 4.79 Å². The number of hydrogen-bond donors (Lipinski definition) is 2. The predicted molar refractivity (Wildman–Crippen MR) is 115 cm³/mol. The van der Waals surface area contributed by atoms with Crippen molar-refractivity contribution in [3.8, 4) is 0 Å². The van der Waals surface area contributed by atoms with Crippen LogP contribution >= 0.6 is 11.6 Å². The molecule has 6 heteroatoms. The number of nitrogens with one attached hydrogen (secondary N) is 2. The number of urea groups is 1. The van der Waals surface area contributed by atoms with E-state index in [-0.39, 0.29) is 23.8 Å². The van der Waals surface area contributed by atoms with Gasteiger partial charge in [-0.25, -0.2) is 4.79 Å². The minimum atomic E-state index is -0.246. The molecule has 2 N–H and O–H groups in total. The molecule has 0 aromatic heterocycles. The molecule has 0 radical (unpaired) electrons. The number of benzene rings is 2. The van der Waals surface area contributed by atoms with Crippen molar-refractivity contribution in [3.05, 3.63) is 65.2 Å². The van der Waals surface area contributed by atoms with E-state index in [2.05, 4.69) is 34.9 Å². The van der Waals surface area contributed by atoms with Crippen LogP contribution in [0, 0.1) is 11.8 Å². The van der Waals surface area contributed by atoms with Gasteiger partial charge in [-0.05, 0) is 55.0 Å². The summed E-state index contributed by atoms with van der Waals surface area (Å²) in [5.41, 5.74) is 1.97. The summed E-state index contributed by atoms with van der Waals surface area (Å²) in [6.07, 6.45) is 2.96. The molecule has 0 bridgehead atoms. The summed E-state index contributed by atoms with van der Waals surface area (Å²) in [6.45, 7) is 2.01. The number of nitrogens with zero attached hydrogens (tertiary/aromatic N) is 1. The number of hydrogen-bond acceptors (Lipinski definition) is 2. The fraction of sp³-hybridized carbons (Fsp3) is 0.391. The van der Waals surface area contributed by atoms with Crippen molar-refractivity contribution >= 4 is 29.2 Å². The van der Waals surface area contributed by atoms with Crippen LogP contribution in [0.2, 0.25) is 5.02 Å². The highest BCUT2D eigenvalue weighted by molar-refractivity contribution is 6.30. The molecule has 2 aliphatic rings. The second kappa shape index (κ2) is 8.87. The average molecular weight is 412 g/mol. The zero-order chi connectivity index (χ0) is 20.2. The Morgan fingerprint density at radius 1 is 1.00 bits per heavy atom. The van der Waals surface area contributed by atoms with Crippen LogP contribution in [0.1, 0.15) is 30.7 Å². The van der Waals surface area contributed by atoms with Crippen LogP contribution in [-0.4, -0.2) is 36.5 Å². The molecule has 5 nitrogen and oxygen atoms in total. The standard InChI is InChI=1S/C23H26ClN3O2/c24-19-8-10-20(11-9-19)26-23(29)25-14-18-15-27(22(28)17-6-7-17)13-12-21(18)16-4-2-1-3-5-16/h1-5,8-11,17-18,21H,6-7,12-15H2,(H2,25,26,29). The normalized spacial score (nSPS) is 21.5. The lowest BCUT2D eigenvalue weighted by molar-refractivity contribution is -0.134. The summed E-state index contributed by atoms with van der Waals surface area (Å²) >= 11 is 5.89. The Bertz CT molecular complexity index is 852. The summed E-state index contributed by atoms with van der Waals surface area (Å²) in [5, 5.41) is 6.46. The minimum absolute atomic E-state index is 0.185. The van der Waals surface area contributed by atoms with E-state index in [0.29, 0.717) is 29.7 Å². The molecule has 2 aromatic carbocycles. The van der Waals surface area contributed by atoms with Gasteiger partial charge in [0.15, 0.2) is 0 Å². The third-order valence-electron chi connectivity index (χ3n) is 5.83. The summed E-state index contributed by atoms with van der Waals surface area (Å²) in [5.74, 6) is 1.03. The molecular formula is C23H26ClN3O2. The Hall–Kier alpha value is -2.53. The Kier molecular flexibility index (Phi) is 6.05. The molecule has 1 saturated carbocycles. The topological polar surface area (TPSA) is 61.4 Å². The zero-order valence-corrected chi connectivity index (χ0v) is 17.1. The van der Waals surface area contributed by atoms with Gasteiger partial charge >= 0.3 is 6.03 Å². The Labute approximate surface area is 176 Å². The number of piperidine rings is 1. The minimum Gasteiger partial charge on any atom is -0.342 e. The molecule has 2 fully saturated rings. The highest BCUT2D eigenvalue weighted by Gasteiger charge is 2.38. The van der Waals surface area contributed by atoms with Gasteiger partial charge in [0, 0.05) is 42.2 Å². The number of likely N-dealkylation sites (tertiary alicyclic amines) is 1. The summed E-state index contributed by atoms with van der Waals surface area (Å²) < 4.78 is 0. The Morgan fingerprint density at radius 2 is 1.72 bits per heavy atom. The monoisotopic (exact) mass is 411 g/mol. The Balaban J connectivity index is 1.40. The van der Waals surface area contributed by atoms with Crippen LogP contribution in [0.3, 0.4) is 0 Å². The fourth-order valence-electron chi connectivity index (χ4n) is 4.10. The molecule has 3 amide bonds. The van der Waals surface area contributed by atoms with Gasteiger partial charge in [-0.2, -0.15) is 0 Å². The van der Waals surface area contributed by atoms with Gasteiger partial charge in [0.1, 0.15) is 0 Å². The molecule has 1 heterocycles. The quantitative estimate of drug-likeness (QED) is 0.760. The molecule has 152 valence electrons. The molecule has 2 aromatic rings. The van der Waals surface area contributed by atoms with Gasteiger partial charge < -0.3 is 15.5 Å². The lowest BCUT2D eigenvalue weighted by Crippen LogP contribution is -2.47. The molecule has 1 aliphatic heterocycles. The molecule has 0 spiro atoms. The summed E-state index contributed by atoms with van der Waals surface area (Å²) in [7, 11) is 0. The van der Waals surface area contributed by atoms with E-state index in [4.69, 9.17) is 11.6 Å². The van der Waals surface area contributed by atoms with Crippen molar-refractivity contribution in [1.29, 1.82) is 0 Å². The van der Waals surface area contributed by atoms with E-state index in [1.807, 2.05) is 11.0 Å². The maximum atomic E-state index is 12.6. The highest BCUT2D eigenvalue weighted by Crippen LogP contribution is 2.36. The predicted octanol–water partition coefficient (Wildman–Crippen LogP) is 4.50. The smallest absolute Gasteiger partial charge is 0.319 e. The SMILES string of the molecule is O=C(NCC1CN(C(=O)C2CC2)CCC1c1ccccc1)Nc1ccc(Cl)cc1. The largest absolute Gasteiger partial charge is 0.342 e. The van der Waals surface area contributed by atoms with E-state index >= 15 is 0 Å². The van der Waals surface area contributed by atoms with Crippen molar-refractivity contribution in [3.63, 3.8) is 0 Å². The van der Waals surface area contributed by atoms with Crippen molar-refractivity contribution < 1.29 is 9.59 Å².